The van der Waals surface area contributed by atoms with Crippen molar-refractivity contribution < 1.29 is 9.53 Å². The van der Waals surface area contributed by atoms with Crippen LogP contribution in [0.25, 0.3) is 10.2 Å². The highest BCUT2D eigenvalue weighted by atomic mass is 35.5. The molecule has 1 fully saturated rings. The summed E-state index contributed by atoms with van der Waals surface area (Å²) in [7, 11) is 0. The number of anilines is 1. The van der Waals surface area contributed by atoms with E-state index in [0.29, 0.717) is 18.0 Å². The number of benzene rings is 1. The first kappa shape index (κ1) is 19.5. The van der Waals surface area contributed by atoms with E-state index in [1.54, 1.807) is 11.3 Å². The summed E-state index contributed by atoms with van der Waals surface area (Å²) in [6, 6.07) is 3.85. The molecule has 0 aliphatic carbocycles. The van der Waals surface area contributed by atoms with E-state index in [-0.39, 0.29) is 5.91 Å². The normalized spacial score (nSPS) is 15.5. The van der Waals surface area contributed by atoms with E-state index < -0.39 is 0 Å². The van der Waals surface area contributed by atoms with Gasteiger partial charge in [0, 0.05) is 37.6 Å². The summed E-state index contributed by atoms with van der Waals surface area (Å²) in [5.74, 6) is 0.150. The zero-order chi connectivity index (χ0) is 18.5. The van der Waals surface area contributed by atoms with Crippen LogP contribution in [-0.2, 0) is 9.53 Å². The van der Waals surface area contributed by atoms with Crippen LogP contribution in [0.2, 0.25) is 5.02 Å². The van der Waals surface area contributed by atoms with Crippen LogP contribution >= 0.6 is 22.9 Å². The highest BCUT2D eigenvalue weighted by Gasteiger charge is 2.20. The lowest BCUT2D eigenvalue weighted by atomic mass is 10.2. The quantitative estimate of drug-likeness (QED) is 0.707. The molecule has 1 aromatic carbocycles. The Bertz CT molecular complexity index is 759. The molecule has 26 heavy (non-hydrogen) atoms. The Hall–Kier alpha value is -1.21. The molecule has 1 aromatic heterocycles. The van der Waals surface area contributed by atoms with E-state index in [1.807, 2.05) is 30.9 Å². The number of carbonyl (C=O) groups is 1. The molecule has 142 valence electrons. The molecule has 7 heteroatoms. The van der Waals surface area contributed by atoms with Gasteiger partial charge in [-0.3, -0.25) is 14.6 Å². The van der Waals surface area contributed by atoms with Crippen LogP contribution in [0.15, 0.2) is 12.1 Å². The van der Waals surface area contributed by atoms with Gasteiger partial charge in [0.1, 0.15) is 0 Å². The van der Waals surface area contributed by atoms with E-state index in [1.165, 1.54) is 0 Å². The molecular formula is C19H26ClN3O2S. The topological polar surface area (TPSA) is 45.7 Å². The molecule has 5 nitrogen and oxygen atoms in total. The van der Waals surface area contributed by atoms with Crippen molar-refractivity contribution in [2.45, 2.75) is 33.1 Å². The number of fused-ring (bicyclic) bond motifs is 1. The van der Waals surface area contributed by atoms with Gasteiger partial charge in [0.25, 0.3) is 0 Å². The Labute approximate surface area is 163 Å². The van der Waals surface area contributed by atoms with Gasteiger partial charge in [0.15, 0.2) is 5.13 Å². The number of carbonyl (C=O) groups excluding carboxylic acids is 1. The van der Waals surface area contributed by atoms with Crippen molar-refractivity contribution in [3.05, 3.63) is 22.7 Å². The fourth-order valence-corrected chi connectivity index (χ4v) is 4.67. The van der Waals surface area contributed by atoms with Crippen molar-refractivity contribution in [1.29, 1.82) is 0 Å². The van der Waals surface area contributed by atoms with Gasteiger partial charge in [0.2, 0.25) is 5.91 Å². The lowest BCUT2D eigenvalue weighted by Gasteiger charge is -2.27. The van der Waals surface area contributed by atoms with Crippen LogP contribution in [0.1, 0.15) is 31.7 Å². The second-order valence-electron chi connectivity index (χ2n) is 6.67. The van der Waals surface area contributed by atoms with Crippen molar-refractivity contribution in [1.82, 2.24) is 9.88 Å². The molecule has 0 radical (unpaired) electrons. The van der Waals surface area contributed by atoms with Gasteiger partial charge < -0.3 is 4.74 Å². The Morgan fingerprint density at radius 1 is 1.38 bits per heavy atom. The lowest BCUT2D eigenvalue weighted by molar-refractivity contribution is -0.118. The number of ether oxygens (including phenoxy) is 1. The minimum atomic E-state index is 0.150. The molecule has 0 N–H and O–H groups in total. The number of hydrogen-bond acceptors (Lipinski definition) is 5. The van der Waals surface area contributed by atoms with Crippen molar-refractivity contribution in [3.63, 3.8) is 0 Å². The molecule has 1 aliphatic rings. The third-order valence-electron chi connectivity index (χ3n) is 4.59. The molecule has 0 bridgehead atoms. The summed E-state index contributed by atoms with van der Waals surface area (Å²) in [5, 5.41) is 1.50. The van der Waals surface area contributed by atoms with Crippen LogP contribution < -0.4 is 4.90 Å². The van der Waals surface area contributed by atoms with E-state index in [0.717, 1.165) is 66.6 Å². The molecule has 1 aliphatic heterocycles. The summed E-state index contributed by atoms with van der Waals surface area (Å²) in [6.07, 6.45) is 2.33. The number of nitrogens with zero attached hydrogens (tertiary/aromatic N) is 3. The zero-order valence-electron chi connectivity index (χ0n) is 15.5. The molecular weight excluding hydrogens is 370 g/mol. The van der Waals surface area contributed by atoms with Gasteiger partial charge >= 0.3 is 0 Å². The average molecular weight is 396 g/mol. The number of aryl methyl sites for hydroxylation is 1. The predicted octanol–water partition coefficient (Wildman–Crippen LogP) is 4.11. The number of hydrogen-bond donors (Lipinski definition) is 0. The molecule has 1 amide bonds. The fourth-order valence-electron chi connectivity index (χ4n) is 3.21. The van der Waals surface area contributed by atoms with Crippen LogP contribution in [0.4, 0.5) is 5.13 Å². The Morgan fingerprint density at radius 2 is 2.15 bits per heavy atom. The summed E-state index contributed by atoms with van der Waals surface area (Å²) in [5.41, 5.74) is 1.99. The Balaban J connectivity index is 1.75. The number of amides is 1. The minimum Gasteiger partial charge on any atom is -0.379 e. The molecule has 2 heterocycles. The number of aromatic nitrogens is 1. The zero-order valence-corrected chi connectivity index (χ0v) is 17.0. The third kappa shape index (κ3) is 4.74. The van der Waals surface area contributed by atoms with Crippen LogP contribution in [0.5, 0.6) is 0 Å². The highest BCUT2D eigenvalue weighted by Crippen LogP contribution is 2.33. The van der Waals surface area contributed by atoms with Crippen molar-refractivity contribution >= 4 is 44.2 Å². The Kier molecular flexibility index (Phi) is 6.86. The first-order valence-electron chi connectivity index (χ1n) is 9.25. The molecule has 0 saturated carbocycles. The molecule has 3 rings (SSSR count). The number of thiazole rings is 1. The fraction of sp³-hybridized carbons (Fsp3) is 0.579. The van der Waals surface area contributed by atoms with Crippen molar-refractivity contribution in [2.24, 2.45) is 0 Å². The molecule has 0 atom stereocenters. The molecule has 1 saturated heterocycles. The van der Waals surface area contributed by atoms with Gasteiger partial charge in [-0.2, -0.15) is 0 Å². The minimum absolute atomic E-state index is 0.150. The lowest BCUT2D eigenvalue weighted by Crippen LogP contribution is -2.39. The van der Waals surface area contributed by atoms with Crippen molar-refractivity contribution in [3.8, 4) is 0 Å². The monoisotopic (exact) mass is 395 g/mol. The van der Waals surface area contributed by atoms with E-state index in [2.05, 4.69) is 4.90 Å². The van der Waals surface area contributed by atoms with Gasteiger partial charge in [-0.15, -0.1) is 0 Å². The maximum atomic E-state index is 12.7. The van der Waals surface area contributed by atoms with Gasteiger partial charge in [-0.1, -0.05) is 29.9 Å². The van der Waals surface area contributed by atoms with Crippen LogP contribution in [0, 0.1) is 6.92 Å². The summed E-state index contributed by atoms with van der Waals surface area (Å²) >= 11 is 7.73. The predicted molar refractivity (Wildman–Crippen MR) is 109 cm³/mol. The summed E-state index contributed by atoms with van der Waals surface area (Å²) in [6.45, 7) is 9.27. The van der Waals surface area contributed by atoms with Crippen molar-refractivity contribution in [2.75, 3.05) is 44.3 Å². The second-order valence-corrected chi connectivity index (χ2v) is 8.11. The first-order valence-corrected chi connectivity index (χ1v) is 10.4. The SMILES string of the molecule is CCCC(=O)N(CCCN1CCOCC1)c1nc2c(C)cc(Cl)cc2s1. The largest absolute Gasteiger partial charge is 0.379 e. The number of halogens is 1. The summed E-state index contributed by atoms with van der Waals surface area (Å²) < 4.78 is 6.43. The van der Waals surface area contributed by atoms with E-state index in [4.69, 9.17) is 21.3 Å². The maximum Gasteiger partial charge on any atom is 0.228 e. The molecule has 0 spiro atoms. The van der Waals surface area contributed by atoms with Gasteiger partial charge in [-0.25, -0.2) is 4.98 Å². The highest BCUT2D eigenvalue weighted by molar-refractivity contribution is 7.22. The molecule has 2 aromatic rings. The average Bonchev–Trinajstić information content (AvgIpc) is 3.03. The second kappa shape index (κ2) is 9.13. The van der Waals surface area contributed by atoms with E-state index >= 15 is 0 Å². The smallest absolute Gasteiger partial charge is 0.228 e. The van der Waals surface area contributed by atoms with Gasteiger partial charge in [-0.05, 0) is 37.5 Å². The van der Waals surface area contributed by atoms with Gasteiger partial charge in [0.05, 0.1) is 23.4 Å². The first-order chi connectivity index (χ1) is 12.6. The summed E-state index contributed by atoms with van der Waals surface area (Å²) in [4.78, 5) is 21.7. The van der Waals surface area contributed by atoms with Crippen LogP contribution in [-0.4, -0.2) is 55.2 Å². The standard InChI is InChI=1S/C19H26ClN3O2S/c1-3-5-17(24)23(7-4-6-22-8-10-25-11-9-22)19-21-18-14(2)12-15(20)13-16(18)26-19/h12-13H,3-11H2,1-2H3. The molecule has 0 unspecified atom stereocenters. The Morgan fingerprint density at radius 3 is 2.88 bits per heavy atom. The third-order valence-corrected chi connectivity index (χ3v) is 5.84. The van der Waals surface area contributed by atoms with E-state index in [9.17, 15) is 4.79 Å². The number of morpholine rings is 1. The number of rotatable bonds is 7. The van der Waals surface area contributed by atoms with Crippen LogP contribution in [0.3, 0.4) is 0 Å². The maximum absolute atomic E-state index is 12.7.